The molecule has 0 aliphatic heterocycles. The van der Waals surface area contributed by atoms with Gasteiger partial charge in [0.2, 0.25) is 0 Å². The molecule has 0 fully saturated rings. The highest BCUT2D eigenvalue weighted by atomic mass is 32.2. The van der Waals surface area contributed by atoms with Crippen LogP contribution in [-0.4, -0.2) is 27.1 Å². The van der Waals surface area contributed by atoms with Gasteiger partial charge in [0.05, 0.1) is 15.2 Å². The molecule has 1 atom stereocenters. The quantitative estimate of drug-likeness (QED) is 0.287. The summed E-state index contributed by atoms with van der Waals surface area (Å²) in [7, 11) is 0. The summed E-state index contributed by atoms with van der Waals surface area (Å²) in [5.74, 6) is 1.43. The minimum absolute atomic E-state index is 0.0582. The van der Waals surface area contributed by atoms with Gasteiger partial charge in [-0.2, -0.15) is 0 Å². The molecule has 4 rings (SSSR count). The summed E-state index contributed by atoms with van der Waals surface area (Å²) in [4.78, 5) is 27.3. The van der Waals surface area contributed by atoms with Gasteiger partial charge in [-0.25, -0.2) is 15.0 Å². The lowest BCUT2D eigenvalue weighted by molar-refractivity contribution is 0.0951. The molecule has 2 heterocycles. The first-order valence-corrected chi connectivity index (χ1v) is 13.2. The molecular weight excluding hydrogens is 448 g/mol. The van der Waals surface area contributed by atoms with Crippen molar-refractivity contribution >= 4 is 39.2 Å². The van der Waals surface area contributed by atoms with Crippen LogP contribution in [0.15, 0.2) is 65.8 Å². The Morgan fingerprint density at radius 2 is 1.82 bits per heavy atom. The molecule has 0 unspecified atom stereocenters. The molecule has 2 aromatic carbocycles. The van der Waals surface area contributed by atoms with Crippen LogP contribution in [0.5, 0.6) is 0 Å². The topological polar surface area (TPSA) is 67.8 Å². The van der Waals surface area contributed by atoms with Crippen molar-refractivity contribution in [1.82, 2.24) is 20.3 Å². The Labute approximate surface area is 203 Å². The van der Waals surface area contributed by atoms with Gasteiger partial charge >= 0.3 is 0 Å². The summed E-state index contributed by atoms with van der Waals surface area (Å²) in [5.41, 5.74) is 2.73. The van der Waals surface area contributed by atoms with Gasteiger partial charge < -0.3 is 5.32 Å². The number of nitrogens with one attached hydrogen (secondary N) is 1. The fourth-order valence-corrected chi connectivity index (χ4v) is 4.91. The molecule has 0 bridgehead atoms. The number of aryl methyl sites for hydroxylation is 2. The Morgan fingerprint density at radius 3 is 2.58 bits per heavy atom. The number of benzene rings is 2. The van der Waals surface area contributed by atoms with Gasteiger partial charge in [-0.05, 0) is 55.2 Å². The summed E-state index contributed by atoms with van der Waals surface area (Å²) in [6, 6.07) is 15.7. The zero-order valence-electron chi connectivity index (χ0n) is 19.0. The van der Waals surface area contributed by atoms with Gasteiger partial charge in [0.25, 0.3) is 5.91 Å². The predicted molar refractivity (Wildman–Crippen MR) is 137 cm³/mol. The molecule has 4 aromatic rings. The third-order valence-electron chi connectivity index (χ3n) is 5.62. The largest absolute Gasteiger partial charge is 0.348 e. The Bertz CT molecular complexity index is 1190. The van der Waals surface area contributed by atoms with Crippen LogP contribution in [0.3, 0.4) is 0 Å². The summed E-state index contributed by atoms with van der Waals surface area (Å²) >= 11 is 3.35. The van der Waals surface area contributed by atoms with Crippen molar-refractivity contribution in [2.24, 2.45) is 5.92 Å². The van der Waals surface area contributed by atoms with Gasteiger partial charge in [0, 0.05) is 35.8 Å². The Kier molecular flexibility index (Phi) is 8.07. The number of hydrogen-bond donors (Lipinski definition) is 1. The van der Waals surface area contributed by atoms with Crippen molar-refractivity contribution in [1.29, 1.82) is 0 Å². The fraction of sp³-hybridized carbons (Fsp3) is 0.308. The molecule has 2 aromatic heterocycles. The first-order chi connectivity index (χ1) is 16.1. The average Bonchev–Trinajstić information content (AvgIpc) is 3.28. The molecule has 1 amide bonds. The lowest BCUT2D eigenvalue weighted by atomic mass is 10.00. The number of carbonyl (C=O) groups is 1. The predicted octanol–water partition coefficient (Wildman–Crippen LogP) is 5.94. The summed E-state index contributed by atoms with van der Waals surface area (Å²) < 4.78 is 1.06. The Balaban J connectivity index is 1.29. The van der Waals surface area contributed by atoms with Gasteiger partial charge in [-0.1, -0.05) is 37.3 Å². The Hall–Kier alpha value is -2.77. The molecule has 170 valence electrons. The molecule has 0 aliphatic rings. The number of thioether (sulfide) groups is 1. The molecule has 1 N–H and O–H groups in total. The van der Waals surface area contributed by atoms with E-state index in [-0.39, 0.29) is 5.91 Å². The lowest BCUT2D eigenvalue weighted by Gasteiger charge is -2.09. The van der Waals surface area contributed by atoms with E-state index in [2.05, 4.69) is 22.2 Å². The molecule has 33 heavy (non-hydrogen) atoms. The van der Waals surface area contributed by atoms with Crippen molar-refractivity contribution in [3.63, 3.8) is 0 Å². The van der Waals surface area contributed by atoms with Crippen LogP contribution in [0.2, 0.25) is 0 Å². The highest BCUT2D eigenvalue weighted by molar-refractivity contribution is 7.98. The number of fused-ring (bicyclic) bond motifs is 1. The van der Waals surface area contributed by atoms with Crippen molar-refractivity contribution < 1.29 is 4.79 Å². The van der Waals surface area contributed by atoms with E-state index in [0.29, 0.717) is 18.0 Å². The molecule has 0 radical (unpaired) electrons. The third-order valence-corrected chi connectivity index (χ3v) is 7.38. The van der Waals surface area contributed by atoms with Crippen molar-refractivity contribution in [3.8, 4) is 0 Å². The monoisotopic (exact) mass is 476 g/mol. The number of amides is 1. The summed E-state index contributed by atoms with van der Waals surface area (Å²) in [6.45, 7) is 2.80. The van der Waals surface area contributed by atoms with Crippen LogP contribution >= 0.6 is 23.1 Å². The SMILES string of the molecule is CSc1cnc(CC[C@H](C)CCc2nc3ccc(C(=O)NCc4ccccc4)cc3s2)nc1. The number of hydrogen-bond acceptors (Lipinski definition) is 6. The molecule has 0 saturated carbocycles. The van der Waals surface area contributed by atoms with Crippen LogP contribution in [-0.2, 0) is 19.4 Å². The van der Waals surface area contributed by atoms with Crippen LogP contribution in [0.4, 0.5) is 0 Å². The second kappa shape index (κ2) is 11.4. The van der Waals surface area contributed by atoms with Crippen LogP contribution < -0.4 is 5.32 Å². The van der Waals surface area contributed by atoms with E-state index in [1.165, 1.54) is 0 Å². The normalized spacial score (nSPS) is 12.1. The fourth-order valence-electron chi connectivity index (χ4n) is 3.57. The lowest BCUT2D eigenvalue weighted by Crippen LogP contribution is -2.22. The summed E-state index contributed by atoms with van der Waals surface area (Å²) in [5, 5.41) is 4.12. The smallest absolute Gasteiger partial charge is 0.251 e. The molecule has 0 aliphatic carbocycles. The van der Waals surface area contributed by atoms with Crippen molar-refractivity contribution in [2.75, 3.05) is 6.26 Å². The van der Waals surface area contributed by atoms with Crippen molar-refractivity contribution in [3.05, 3.63) is 82.9 Å². The minimum atomic E-state index is -0.0582. The van der Waals surface area contributed by atoms with Crippen LogP contribution in [0.1, 0.15) is 46.5 Å². The highest BCUT2D eigenvalue weighted by Gasteiger charge is 2.11. The van der Waals surface area contributed by atoms with Crippen LogP contribution in [0.25, 0.3) is 10.2 Å². The number of carbonyl (C=O) groups excluding carboxylic acids is 1. The number of thiazole rings is 1. The first-order valence-electron chi connectivity index (χ1n) is 11.2. The number of rotatable bonds is 10. The van der Waals surface area contributed by atoms with Gasteiger partial charge in [0.15, 0.2) is 0 Å². The van der Waals surface area contributed by atoms with Crippen LogP contribution in [0, 0.1) is 5.92 Å². The Morgan fingerprint density at radius 1 is 1.06 bits per heavy atom. The van der Waals surface area contributed by atoms with E-state index in [0.717, 1.165) is 57.2 Å². The maximum Gasteiger partial charge on any atom is 0.251 e. The second-order valence-corrected chi connectivity index (χ2v) is 10.2. The molecule has 7 heteroatoms. The summed E-state index contributed by atoms with van der Waals surface area (Å²) in [6.07, 6.45) is 9.82. The number of aromatic nitrogens is 3. The van der Waals surface area contributed by atoms with E-state index in [1.54, 1.807) is 23.1 Å². The van der Waals surface area contributed by atoms with Gasteiger partial charge in [-0.3, -0.25) is 4.79 Å². The second-order valence-electron chi connectivity index (χ2n) is 8.18. The minimum Gasteiger partial charge on any atom is -0.348 e. The average molecular weight is 477 g/mol. The molecule has 0 spiro atoms. The maximum atomic E-state index is 12.6. The zero-order chi connectivity index (χ0) is 23.0. The maximum absolute atomic E-state index is 12.6. The van der Waals surface area contributed by atoms with E-state index < -0.39 is 0 Å². The van der Waals surface area contributed by atoms with Crippen molar-refractivity contribution in [2.45, 2.75) is 44.0 Å². The number of nitrogens with zero attached hydrogens (tertiary/aromatic N) is 3. The molecule has 0 saturated heterocycles. The standard InChI is InChI=1S/C26H28N4OS2/c1-18(8-12-24-27-16-21(32-2)17-28-24)9-13-25-30-22-11-10-20(14-23(22)33-25)26(31)29-15-19-6-4-3-5-7-19/h3-7,10-11,14,16-18H,8-9,12-13,15H2,1-2H3,(H,29,31)/t18-/m0/s1. The van der Waals surface area contributed by atoms with E-state index in [1.807, 2.05) is 67.2 Å². The van der Waals surface area contributed by atoms with E-state index in [4.69, 9.17) is 4.98 Å². The molecule has 5 nitrogen and oxygen atoms in total. The highest BCUT2D eigenvalue weighted by Crippen LogP contribution is 2.26. The third kappa shape index (κ3) is 6.62. The van der Waals surface area contributed by atoms with E-state index in [9.17, 15) is 4.79 Å². The molecular formula is C26H28N4OS2. The van der Waals surface area contributed by atoms with E-state index >= 15 is 0 Å². The zero-order valence-corrected chi connectivity index (χ0v) is 20.6. The van der Waals surface area contributed by atoms with Gasteiger partial charge in [0.1, 0.15) is 5.82 Å². The van der Waals surface area contributed by atoms with Gasteiger partial charge in [-0.15, -0.1) is 23.1 Å². The first kappa shape index (κ1) is 23.4.